The van der Waals surface area contributed by atoms with Gasteiger partial charge >= 0.3 is 0 Å². The fourth-order valence-electron chi connectivity index (χ4n) is 3.44. The van der Waals surface area contributed by atoms with Gasteiger partial charge in [0.25, 0.3) is 0 Å². The smallest absolute Gasteiger partial charge is 0.243 e. The quantitative estimate of drug-likeness (QED) is 0.653. The molecule has 29 heavy (non-hydrogen) atoms. The number of hydrogen-bond donors (Lipinski definition) is 0. The lowest BCUT2D eigenvalue weighted by atomic mass is 10.2. The van der Waals surface area contributed by atoms with Crippen LogP contribution in [0.4, 0.5) is 5.82 Å². The molecule has 9 heteroatoms. The first kappa shape index (κ1) is 19.5. The van der Waals surface area contributed by atoms with E-state index in [0.29, 0.717) is 36.9 Å². The molecule has 0 amide bonds. The van der Waals surface area contributed by atoms with Crippen LogP contribution >= 0.6 is 0 Å². The highest BCUT2D eigenvalue weighted by Crippen LogP contribution is 2.21. The fourth-order valence-corrected chi connectivity index (χ4v) is 4.89. The van der Waals surface area contributed by atoms with E-state index in [2.05, 4.69) is 20.2 Å². The summed E-state index contributed by atoms with van der Waals surface area (Å²) in [7, 11) is -3.46. The first-order valence-corrected chi connectivity index (χ1v) is 11.0. The molecule has 0 aliphatic carbocycles. The molecule has 1 aliphatic rings. The number of piperazine rings is 1. The second-order valence-corrected chi connectivity index (χ2v) is 9.10. The summed E-state index contributed by atoms with van der Waals surface area (Å²) in [5.41, 5.74) is 3.17. The minimum absolute atomic E-state index is 0.331. The maximum absolute atomic E-state index is 12.8. The van der Waals surface area contributed by atoms with Gasteiger partial charge < -0.3 is 4.90 Å². The molecule has 3 heterocycles. The van der Waals surface area contributed by atoms with Crippen molar-refractivity contribution < 1.29 is 8.42 Å². The summed E-state index contributed by atoms with van der Waals surface area (Å²) in [5, 5.41) is 13.2. The lowest BCUT2D eigenvalue weighted by Gasteiger charge is -2.34. The van der Waals surface area contributed by atoms with Gasteiger partial charge in [0.1, 0.15) is 0 Å². The van der Waals surface area contributed by atoms with Crippen LogP contribution in [0.25, 0.3) is 5.82 Å². The molecule has 1 aliphatic heterocycles. The molecule has 152 valence electrons. The zero-order chi connectivity index (χ0) is 20.6. The maximum Gasteiger partial charge on any atom is 0.243 e. The minimum atomic E-state index is -3.46. The van der Waals surface area contributed by atoms with Gasteiger partial charge in [0.2, 0.25) is 10.0 Å². The van der Waals surface area contributed by atoms with Gasteiger partial charge in [-0.25, -0.2) is 13.1 Å². The third-order valence-corrected chi connectivity index (χ3v) is 7.36. The average molecular weight is 413 g/mol. The lowest BCUT2D eigenvalue weighted by Crippen LogP contribution is -2.49. The summed E-state index contributed by atoms with van der Waals surface area (Å²) in [5.74, 6) is 1.41. The normalized spacial score (nSPS) is 15.6. The Balaban J connectivity index is 1.46. The van der Waals surface area contributed by atoms with Gasteiger partial charge in [-0.3, -0.25) is 0 Å². The van der Waals surface area contributed by atoms with E-state index in [1.54, 1.807) is 28.9 Å². The molecule has 0 radical (unpaired) electrons. The highest BCUT2D eigenvalue weighted by atomic mass is 32.2. The van der Waals surface area contributed by atoms with Crippen LogP contribution in [0.5, 0.6) is 0 Å². The van der Waals surface area contributed by atoms with Crippen molar-refractivity contribution in [2.75, 3.05) is 31.1 Å². The Hall–Kier alpha value is -2.78. The van der Waals surface area contributed by atoms with Gasteiger partial charge in [0.15, 0.2) is 11.6 Å². The molecule has 2 aromatic heterocycles. The molecular formula is C20H24N6O2S. The van der Waals surface area contributed by atoms with Crippen molar-refractivity contribution in [2.24, 2.45) is 0 Å². The van der Waals surface area contributed by atoms with Crippen LogP contribution in [0.3, 0.4) is 0 Å². The molecule has 0 bridgehead atoms. The Labute approximate surface area is 170 Å². The molecule has 4 rings (SSSR count). The van der Waals surface area contributed by atoms with Crippen molar-refractivity contribution in [3.05, 3.63) is 59.4 Å². The number of aromatic nitrogens is 4. The monoisotopic (exact) mass is 412 g/mol. The lowest BCUT2D eigenvalue weighted by molar-refractivity contribution is 0.383. The van der Waals surface area contributed by atoms with Gasteiger partial charge in [0.05, 0.1) is 10.6 Å². The van der Waals surface area contributed by atoms with E-state index in [0.717, 1.165) is 22.8 Å². The zero-order valence-electron chi connectivity index (χ0n) is 16.8. The van der Waals surface area contributed by atoms with Gasteiger partial charge in [-0.15, -0.1) is 10.2 Å². The van der Waals surface area contributed by atoms with E-state index in [1.807, 2.05) is 39.0 Å². The summed E-state index contributed by atoms with van der Waals surface area (Å²) < 4.78 is 28.9. The van der Waals surface area contributed by atoms with Crippen molar-refractivity contribution in [1.29, 1.82) is 0 Å². The number of aryl methyl sites for hydroxylation is 1. The highest BCUT2D eigenvalue weighted by molar-refractivity contribution is 7.89. The average Bonchev–Trinajstić information content (AvgIpc) is 3.02. The van der Waals surface area contributed by atoms with Crippen LogP contribution in [0, 0.1) is 20.8 Å². The summed E-state index contributed by atoms with van der Waals surface area (Å²) in [4.78, 5) is 2.39. The second-order valence-electron chi connectivity index (χ2n) is 7.16. The Morgan fingerprint density at radius 1 is 0.828 bits per heavy atom. The Kier molecular flexibility index (Phi) is 5.10. The van der Waals surface area contributed by atoms with E-state index in [1.165, 1.54) is 4.31 Å². The summed E-state index contributed by atoms with van der Waals surface area (Å²) >= 11 is 0. The first-order valence-electron chi connectivity index (χ1n) is 9.55. The van der Waals surface area contributed by atoms with E-state index in [4.69, 9.17) is 0 Å². The van der Waals surface area contributed by atoms with Crippen LogP contribution in [0.1, 0.15) is 17.0 Å². The number of sulfonamides is 1. The van der Waals surface area contributed by atoms with Crippen LogP contribution < -0.4 is 4.90 Å². The molecule has 0 saturated carbocycles. The number of benzene rings is 1. The summed E-state index contributed by atoms with van der Waals surface area (Å²) in [6.07, 6.45) is 0. The number of nitrogens with zero attached hydrogens (tertiary/aromatic N) is 6. The predicted octanol–water partition coefficient (Wildman–Crippen LogP) is 2.10. The molecule has 8 nitrogen and oxygen atoms in total. The first-order chi connectivity index (χ1) is 13.9. The number of hydrogen-bond acceptors (Lipinski definition) is 6. The van der Waals surface area contributed by atoms with Crippen molar-refractivity contribution in [3.63, 3.8) is 0 Å². The summed E-state index contributed by atoms with van der Waals surface area (Å²) in [6.45, 7) is 7.99. The molecule has 1 aromatic carbocycles. The van der Waals surface area contributed by atoms with Crippen molar-refractivity contribution in [3.8, 4) is 5.82 Å². The molecular weight excluding hydrogens is 388 g/mol. The largest absolute Gasteiger partial charge is 0.352 e. The molecule has 0 N–H and O–H groups in total. The third-order valence-electron chi connectivity index (χ3n) is 5.45. The molecule has 1 fully saturated rings. The highest BCUT2D eigenvalue weighted by Gasteiger charge is 2.28. The van der Waals surface area contributed by atoms with Crippen molar-refractivity contribution in [2.45, 2.75) is 25.7 Å². The maximum atomic E-state index is 12.8. The molecule has 0 atom stereocenters. The van der Waals surface area contributed by atoms with E-state index < -0.39 is 10.0 Å². The Morgan fingerprint density at radius 3 is 2.00 bits per heavy atom. The van der Waals surface area contributed by atoms with Gasteiger partial charge in [-0.05, 0) is 50.6 Å². The van der Waals surface area contributed by atoms with Gasteiger partial charge in [-0.1, -0.05) is 18.2 Å². The van der Waals surface area contributed by atoms with Crippen molar-refractivity contribution >= 4 is 15.8 Å². The van der Waals surface area contributed by atoms with Crippen molar-refractivity contribution in [1.82, 2.24) is 24.3 Å². The van der Waals surface area contributed by atoms with Crippen LogP contribution in [0.15, 0.2) is 47.4 Å². The molecule has 3 aromatic rings. The number of anilines is 1. The summed E-state index contributed by atoms with van der Waals surface area (Å²) in [6, 6.07) is 12.4. The fraction of sp³-hybridized carbons (Fsp3) is 0.350. The van der Waals surface area contributed by atoms with Crippen LogP contribution in [-0.4, -0.2) is 58.9 Å². The minimum Gasteiger partial charge on any atom is -0.352 e. The number of rotatable bonds is 4. The van der Waals surface area contributed by atoms with Gasteiger partial charge in [-0.2, -0.15) is 9.40 Å². The van der Waals surface area contributed by atoms with E-state index in [9.17, 15) is 8.42 Å². The van der Waals surface area contributed by atoms with Crippen LogP contribution in [-0.2, 0) is 10.0 Å². The zero-order valence-corrected chi connectivity index (χ0v) is 17.6. The Bertz CT molecular complexity index is 1100. The molecule has 0 spiro atoms. The second kappa shape index (κ2) is 7.57. The van der Waals surface area contributed by atoms with Gasteiger partial charge in [0, 0.05) is 31.9 Å². The predicted molar refractivity (Wildman–Crippen MR) is 111 cm³/mol. The topological polar surface area (TPSA) is 84.2 Å². The molecule has 0 unspecified atom stereocenters. The SMILES string of the molecule is Cc1nn(-c2ccc(N3CCN(S(=O)(=O)c4ccccc4)CC3)nn2)c(C)c1C. The Morgan fingerprint density at radius 2 is 1.45 bits per heavy atom. The third kappa shape index (κ3) is 3.63. The van der Waals surface area contributed by atoms with E-state index >= 15 is 0 Å². The molecule has 1 saturated heterocycles. The standard InChI is InChI=1S/C20H24N6O2S/c1-15-16(2)23-26(17(15)3)20-10-9-19(21-22-20)24-11-13-25(14-12-24)29(27,28)18-7-5-4-6-8-18/h4-10H,11-14H2,1-3H3. The van der Waals surface area contributed by atoms with E-state index in [-0.39, 0.29) is 0 Å². The van der Waals surface area contributed by atoms with Crippen LogP contribution in [0.2, 0.25) is 0 Å².